The fraction of sp³-hybridized carbons (Fsp3) is 0.0417. The lowest BCUT2D eigenvalue weighted by molar-refractivity contribution is 0.102. The van der Waals surface area contributed by atoms with Crippen molar-refractivity contribution in [2.24, 2.45) is 0 Å². The molecule has 2 aromatic carbocycles. The summed E-state index contributed by atoms with van der Waals surface area (Å²) in [5, 5.41) is 7.01. The first-order valence-corrected chi connectivity index (χ1v) is 11.2. The molecule has 0 saturated carbocycles. The Morgan fingerprint density at radius 3 is 2.03 bits per heavy atom. The van der Waals surface area contributed by atoms with Gasteiger partial charge in [0.05, 0.1) is 20.8 Å². The average Bonchev–Trinajstić information content (AvgIpc) is 3.48. The minimum absolute atomic E-state index is 0.164. The van der Waals surface area contributed by atoms with E-state index in [4.69, 9.17) is 9.97 Å². The predicted molar refractivity (Wildman–Crippen MR) is 125 cm³/mol. The fourth-order valence-corrected chi connectivity index (χ4v) is 4.64. The van der Waals surface area contributed by atoms with Crippen LogP contribution in [-0.4, -0.2) is 15.9 Å². The molecule has 5 aromatic rings. The number of amides is 1. The van der Waals surface area contributed by atoms with Crippen molar-refractivity contribution in [2.75, 3.05) is 5.32 Å². The number of rotatable bonds is 4. The lowest BCUT2D eigenvalue weighted by Gasteiger charge is -2.09. The molecule has 1 N–H and O–H groups in total. The number of fused-ring (bicyclic) bond motifs is 1. The number of nitrogens with one attached hydrogen (secondary N) is 1. The topological polar surface area (TPSA) is 54.9 Å². The van der Waals surface area contributed by atoms with E-state index in [2.05, 4.69) is 11.4 Å². The van der Waals surface area contributed by atoms with Gasteiger partial charge in [-0.25, -0.2) is 9.97 Å². The first-order valence-electron chi connectivity index (χ1n) is 9.45. The molecule has 0 unspecified atom stereocenters. The molecule has 146 valence electrons. The van der Waals surface area contributed by atoms with Gasteiger partial charge in [-0.2, -0.15) is 0 Å². The molecule has 0 spiro atoms. The van der Waals surface area contributed by atoms with Crippen LogP contribution in [0.1, 0.15) is 15.9 Å². The molecular formula is C24H17N3OS2. The Labute approximate surface area is 181 Å². The summed E-state index contributed by atoms with van der Waals surface area (Å²) in [7, 11) is 0. The van der Waals surface area contributed by atoms with E-state index in [1.54, 1.807) is 34.8 Å². The zero-order valence-corrected chi connectivity index (χ0v) is 17.8. The minimum Gasteiger partial charge on any atom is -0.322 e. The third-order valence-corrected chi connectivity index (χ3v) is 6.50. The van der Waals surface area contributed by atoms with Crippen LogP contribution in [-0.2, 0) is 0 Å². The van der Waals surface area contributed by atoms with Crippen molar-refractivity contribution in [3.8, 4) is 21.1 Å². The van der Waals surface area contributed by atoms with Crippen LogP contribution in [0.5, 0.6) is 0 Å². The Morgan fingerprint density at radius 2 is 1.43 bits per heavy atom. The maximum atomic E-state index is 12.8. The number of carbonyl (C=O) groups is 1. The molecule has 0 radical (unpaired) electrons. The van der Waals surface area contributed by atoms with Crippen LogP contribution in [0.4, 0.5) is 5.69 Å². The molecular weight excluding hydrogens is 410 g/mol. The monoisotopic (exact) mass is 427 g/mol. The van der Waals surface area contributed by atoms with Gasteiger partial charge >= 0.3 is 0 Å². The Bertz CT molecular complexity index is 1330. The van der Waals surface area contributed by atoms with Crippen LogP contribution >= 0.6 is 22.7 Å². The van der Waals surface area contributed by atoms with Gasteiger partial charge in [0, 0.05) is 11.3 Å². The molecule has 0 aliphatic carbocycles. The number of nitrogens with zero attached hydrogens (tertiary/aromatic N) is 2. The minimum atomic E-state index is -0.164. The molecule has 30 heavy (non-hydrogen) atoms. The highest BCUT2D eigenvalue weighted by Crippen LogP contribution is 2.35. The number of anilines is 1. The van der Waals surface area contributed by atoms with E-state index in [0.717, 1.165) is 37.9 Å². The molecule has 6 heteroatoms. The van der Waals surface area contributed by atoms with Crippen molar-refractivity contribution in [1.29, 1.82) is 0 Å². The van der Waals surface area contributed by atoms with Crippen LogP contribution in [0.25, 0.3) is 32.2 Å². The number of thiophene rings is 2. The second-order valence-electron chi connectivity index (χ2n) is 6.90. The molecule has 0 bridgehead atoms. The van der Waals surface area contributed by atoms with Gasteiger partial charge < -0.3 is 5.32 Å². The van der Waals surface area contributed by atoms with Crippen molar-refractivity contribution < 1.29 is 4.79 Å². The summed E-state index contributed by atoms with van der Waals surface area (Å²) >= 11 is 3.28. The van der Waals surface area contributed by atoms with E-state index < -0.39 is 0 Å². The van der Waals surface area contributed by atoms with E-state index in [1.165, 1.54) is 0 Å². The maximum absolute atomic E-state index is 12.8. The first-order chi connectivity index (χ1) is 14.7. The first kappa shape index (κ1) is 18.7. The number of aromatic nitrogens is 2. The lowest BCUT2D eigenvalue weighted by atomic mass is 10.1. The molecule has 1 amide bonds. The Hall–Kier alpha value is -3.35. The highest BCUT2D eigenvalue weighted by atomic mass is 32.1. The normalized spacial score (nSPS) is 11.0. The molecule has 3 aromatic heterocycles. The van der Waals surface area contributed by atoms with Crippen molar-refractivity contribution in [3.63, 3.8) is 0 Å². The Morgan fingerprint density at radius 1 is 0.800 bits per heavy atom. The van der Waals surface area contributed by atoms with Crippen molar-refractivity contribution in [3.05, 3.63) is 88.6 Å². The van der Waals surface area contributed by atoms with E-state index in [-0.39, 0.29) is 5.91 Å². The van der Waals surface area contributed by atoms with Crippen molar-refractivity contribution >= 4 is 45.3 Å². The van der Waals surface area contributed by atoms with E-state index in [1.807, 2.05) is 66.2 Å². The van der Waals surface area contributed by atoms with E-state index in [0.29, 0.717) is 11.1 Å². The van der Waals surface area contributed by atoms with Gasteiger partial charge in [-0.05, 0) is 60.1 Å². The van der Waals surface area contributed by atoms with Crippen LogP contribution in [0.15, 0.2) is 77.5 Å². The summed E-state index contributed by atoms with van der Waals surface area (Å²) in [6, 6.07) is 21.3. The second kappa shape index (κ2) is 7.82. The predicted octanol–water partition coefficient (Wildman–Crippen LogP) is 6.65. The molecule has 3 heterocycles. The molecule has 4 nitrogen and oxygen atoms in total. The molecule has 0 saturated heterocycles. The van der Waals surface area contributed by atoms with Crippen molar-refractivity contribution in [1.82, 2.24) is 9.97 Å². The van der Waals surface area contributed by atoms with Gasteiger partial charge in [0.2, 0.25) is 0 Å². The number of carbonyl (C=O) groups excluding carboxylic acids is 1. The summed E-state index contributed by atoms with van der Waals surface area (Å²) in [6.07, 6.45) is 0. The SMILES string of the molecule is Cc1ccc(NC(=O)c2ccc3nc(-c4cccs4)c(-c4cccs4)nc3c2)cc1. The highest BCUT2D eigenvalue weighted by molar-refractivity contribution is 7.14. The van der Waals surface area contributed by atoms with Gasteiger partial charge in [-0.15, -0.1) is 22.7 Å². The highest BCUT2D eigenvalue weighted by Gasteiger charge is 2.16. The second-order valence-corrected chi connectivity index (χ2v) is 8.79. The van der Waals surface area contributed by atoms with Crippen molar-refractivity contribution in [2.45, 2.75) is 6.92 Å². The average molecular weight is 428 g/mol. The standard InChI is InChI=1S/C24H17N3OS2/c1-15-6-9-17(10-7-15)25-24(28)16-8-11-18-19(14-16)27-23(21-5-3-13-30-21)22(26-18)20-4-2-12-29-20/h2-14H,1H3,(H,25,28). The van der Waals surface area contributed by atoms with Gasteiger partial charge in [-0.3, -0.25) is 4.79 Å². The van der Waals surface area contributed by atoms with E-state index in [9.17, 15) is 4.79 Å². The summed E-state index contributed by atoms with van der Waals surface area (Å²) in [5.74, 6) is -0.164. The third kappa shape index (κ3) is 3.63. The number of hydrogen-bond donors (Lipinski definition) is 1. The summed E-state index contributed by atoms with van der Waals surface area (Å²) in [5.41, 5.74) is 5.66. The number of hydrogen-bond acceptors (Lipinski definition) is 5. The molecule has 0 fully saturated rings. The zero-order chi connectivity index (χ0) is 20.5. The van der Waals surface area contributed by atoms with Gasteiger partial charge in [0.25, 0.3) is 5.91 Å². The number of aryl methyl sites for hydroxylation is 1. The molecule has 0 aliphatic heterocycles. The van der Waals surface area contributed by atoms with Gasteiger partial charge in [0.1, 0.15) is 11.4 Å². The molecule has 0 aliphatic rings. The quantitative estimate of drug-likeness (QED) is 0.349. The maximum Gasteiger partial charge on any atom is 0.255 e. The molecule has 5 rings (SSSR count). The zero-order valence-electron chi connectivity index (χ0n) is 16.1. The van der Waals surface area contributed by atoms with Crippen LogP contribution in [0, 0.1) is 6.92 Å². The largest absolute Gasteiger partial charge is 0.322 e. The third-order valence-electron chi connectivity index (χ3n) is 4.74. The van der Waals surface area contributed by atoms with E-state index >= 15 is 0 Å². The van der Waals surface area contributed by atoms with Crippen LogP contribution in [0.3, 0.4) is 0 Å². The summed E-state index contributed by atoms with van der Waals surface area (Å²) in [6.45, 7) is 2.02. The smallest absolute Gasteiger partial charge is 0.255 e. The summed E-state index contributed by atoms with van der Waals surface area (Å²) < 4.78 is 0. The fourth-order valence-electron chi connectivity index (χ4n) is 3.21. The van der Waals surface area contributed by atoms with Crippen LogP contribution < -0.4 is 5.32 Å². The summed E-state index contributed by atoms with van der Waals surface area (Å²) in [4.78, 5) is 24.7. The lowest BCUT2D eigenvalue weighted by Crippen LogP contribution is -2.12. The number of benzene rings is 2. The van der Waals surface area contributed by atoms with Crippen LogP contribution in [0.2, 0.25) is 0 Å². The van der Waals surface area contributed by atoms with Gasteiger partial charge in [0.15, 0.2) is 0 Å². The Kier molecular flexibility index (Phi) is 4.86. The molecule has 0 atom stereocenters. The van der Waals surface area contributed by atoms with Gasteiger partial charge in [-0.1, -0.05) is 29.8 Å². The Balaban J connectivity index is 1.56.